The second kappa shape index (κ2) is 8.35. The highest BCUT2D eigenvalue weighted by Crippen LogP contribution is 2.30. The summed E-state index contributed by atoms with van der Waals surface area (Å²) in [4.78, 5) is 5.35. The zero-order valence-corrected chi connectivity index (χ0v) is 13.7. The van der Waals surface area contributed by atoms with Gasteiger partial charge in [-0.05, 0) is 38.3 Å². The predicted octanol–water partition coefficient (Wildman–Crippen LogP) is 2.70. The summed E-state index contributed by atoms with van der Waals surface area (Å²) in [5, 5.41) is 0. The largest absolute Gasteiger partial charge is 0.329 e. The Balaban J connectivity index is 1.91. The molecule has 3 nitrogen and oxygen atoms in total. The maximum Gasteiger partial charge on any atom is 0.0247 e. The molecule has 2 atom stereocenters. The van der Waals surface area contributed by atoms with E-state index in [1.54, 1.807) is 0 Å². The Kier molecular flexibility index (Phi) is 6.79. The summed E-state index contributed by atoms with van der Waals surface area (Å²) < 4.78 is 0. The van der Waals surface area contributed by atoms with Gasteiger partial charge in [0.15, 0.2) is 0 Å². The van der Waals surface area contributed by atoms with Crippen LogP contribution in [-0.4, -0.2) is 54.6 Å². The lowest BCUT2D eigenvalue weighted by Crippen LogP contribution is -2.46. The van der Waals surface area contributed by atoms with Crippen LogP contribution in [-0.2, 0) is 0 Å². The van der Waals surface area contributed by atoms with E-state index in [2.05, 4.69) is 23.6 Å². The smallest absolute Gasteiger partial charge is 0.0247 e. The second-order valence-electron chi connectivity index (χ2n) is 6.71. The Hall–Kier alpha value is -0.120. The van der Waals surface area contributed by atoms with Crippen LogP contribution in [0.25, 0.3) is 0 Å². The molecule has 2 unspecified atom stereocenters. The molecule has 2 fully saturated rings. The molecule has 1 saturated carbocycles. The number of hydrogen-bond acceptors (Lipinski definition) is 3. The Bertz CT molecular complexity index is 257. The van der Waals surface area contributed by atoms with Gasteiger partial charge in [-0.1, -0.05) is 39.5 Å². The van der Waals surface area contributed by atoms with Gasteiger partial charge in [-0.2, -0.15) is 0 Å². The standard InChI is InChI=1S/C17H35N3/c1-3-19(4-2)16-11-12-20(14-16)17(13-18)15-9-7-5-6-8-10-15/h15-17H,3-14,18H2,1-2H3. The van der Waals surface area contributed by atoms with Crippen molar-refractivity contribution in [2.75, 3.05) is 32.7 Å². The van der Waals surface area contributed by atoms with Crippen molar-refractivity contribution in [1.82, 2.24) is 9.80 Å². The number of likely N-dealkylation sites (N-methyl/N-ethyl adjacent to an activating group) is 1. The zero-order chi connectivity index (χ0) is 14.4. The zero-order valence-electron chi connectivity index (χ0n) is 13.7. The van der Waals surface area contributed by atoms with E-state index in [-0.39, 0.29) is 0 Å². The molecule has 1 saturated heterocycles. The van der Waals surface area contributed by atoms with E-state index in [4.69, 9.17) is 5.73 Å². The van der Waals surface area contributed by atoms with Crippen molar-refractivity contribution in [2.45, 2.75) is 70.9 Å². The molecule has 0 aromatic heterocycles. The van der Waals surface area contributed by atoms with Gasteiger partial charge in [0, 0.05) is 31.7 Å². The molecule has 2 rings (SSSR count). The highest BCUT2D eigenvalue weighted by molar-refractivity contribution is 4.90. The molecule has 1 aliphatic carbocycles. The van der Waals surface area contributed by atoms with Gasteiger partial charge in [-0.15, -0.1) is 0 Å². The molecule has 20 heavy (non-hydrogen) atoms. The molecule has 2 aliphatic rings. The maximum atomic E-state index is 6.17. The van der Waals surface area contributed by atoms with Gasteiger partial charge < -0.3 is 5.73 Å². The van der Waals surface area contributed by atoms with Crippen LogP contribution < -0.4 is 5.73 Å². The molecule has 0 bridgehead atoms. The molecule has 0 aromatic carbocycles. The molecule has 2 N–H and O–H groups in total. The van der Waals surface area contributed by atoms with Crippen molar-refractivity contribution in [3.63, 3.8) is 0 Å². The Labute approximate surface area is 125 Å². The monoisotopic (exact) mass is 281 g/mol. The molecule has 118 valence electrons. The summed E-state index contributed by atoms with van der Waals surface area (Å²) in [7, 11) is 0. The fraction of sp³-hybridized carbons (Fsp3) is 1.00. The minimum absolute atomic E-state index is 0.647. The van der Waals surface area contributed by atoms with Crippen LogP contribution in [0.4, 0.5) is 0 Å². The highest BCUT2D eigenvalue weighted by atomic mass is 15.3. The third-order valence-electron chi connectivity index (χ3n) is 5.68. The van der Waals surface area contributed by atoms with Gasteiger partial charge in [0.1, 0.15) is 0 Å². The minimum Gasteiger partial charge on any atom is -0.329 e. The Morgan fingerprint density at radius 2 is 1.70 bits per heavy atom. The van der Waals surface area contributed by atoms with E-state index >= 15 is 0 Å². The summed E-state index contributed by atoms with van der Waals surface area (Å²) in [6.07, 6.45) is 9.89. The van der Waals surface area contributed by atoms with Gasteiger partial charge in [0.2, 0.25) is 0 Å². The third-order valence-corrected chi connectivity index (χ3v) is 5.68. The molecule has 0 spiro atoms. The van der Waals surface area contributed by atoms with E-state index in [0.717, 1.165) is 18.5 Å². The Morgan fingerprint density at radius 3 is 2.25 bits per heavy atom. The van der Waals surface area contributed by atoms with E-state index in [0.29, 0.717) is 6.04 Å². The van der Waals surface area contributed by atoms with E-state index in [9.17, 15) is 0 Å². The van der Waals surface area contributed by atoms with Crippen LogP contribution in [0.5, 0.6) is 0 Å². The molecule has 0 aromatic rings. The van der Waals surface area contributed by atoms with Crippen LogP contribution >= 0.6 is 0 Å². The highest BCUT2D eigenvalue weighted by Gasteiger charge is 2.33. The SMILES string of the molecule is CCN(CC)C1CCN(C(CN)C2CCCCCC2)C1. The fourth-order valence-corrected chi connectivity index (χ4v) is 4.44. The number of nitrogens with zero attached hydrogens (tertiary/aromatic N) is 2. The van der Waals surface area contributed by atoms with Crippen molar-refractivity contribution in [3.05, 3.63) is 0 Å². The lowest BCUT2D eigenvalue weighted by molar-refractivity contribution is 0.145. The van der Waals surface area contributed by atoms with Crippen molar-refractivity contribution in [2.24, 2.45) is 11.7 Å². The van der Waals surface area contributed by atoms with Gasteiger partial charge >= 0.3 is 0 Å². The van der Waals surface area contributed by atoms with Crippen LogP contribution in [0, 0.1) is 5.92 Å². The second-order valence-corrected chi connectivity index (χ2v) is 6.71. The summed E-state index contributed by atoms with van der Waals surface area (Å²) in [5.41, 5.74) is 6.17. The first-order valence-electron chi connectivity index (χ1n) is 8.98. The molecule has 3 heteroatoms. The summed E-state index contributed by atoms with van der Waals surface area (Å²) in [6, 6.07) is 1.42. The summed E-state index contributed by atoms with van der Waals surface area (Å²) >= 11 is 0. The van der Waals surface area contributed by atoms with Crippen molar-refractivity contribution < 1.29 is 0 Å². The summed E-state index contributed by atoms with van der Waals surface area (Å²) in [6.45, 7) is 10.3. The molecular formula is C17H35N3. The lowest BCUT2D eigenvalue weighted by atomic mass is 9.91. The van der Waals surface area contributed by atoms with Gasteiger partial charge in [0.05, 0.1) is 0 Å². The number of likely N-dealkylation sites (tertiary alicyclic amines) is 1. The lowest BCUT2D eigenvalue weighted by Gasteiger charge is -2.34. The quantitative estimate of drug-likeness (QED) is 0.760. The van der Waals surface area contributed by atoms with Crippen molar-refractivity contribution >= 4 is 0 Å². The maximum absolute atomic E-state index is 6.17. The fourth-order valence-electron chi connectivity index (χ4n) is 4.44. The predicted molar refractivity (Wildman–Crippen MR) is 86.9 cm³/mol. The van der Waals surface area contributed by atoms with Crippen LogP contribution in [0.1, 0.15) is 58.8 Å². The van der Waals surface area contributed by atoms with Gasteiger partial charge in [0.25, 0.3) is 0 Å². The number of hydrogen-bond donors (Lipinski definition) is 1. The normalized spacial score (nSPS) is 27.9. The summed E-state index contributed by atoms with van der Waals surface area (Å²) in [5.74, 6) is 0.859. The molecule has 0 radical (unpaired) electrons. The van der Waals surface area contributed by atoms with E-state index in [1.807, 2.05) is 0 Å². The first-order valence-corrected chi connectivity index (χ1v) is 8.98. The van der Waals surface area contributed by atoms with Crippen molar-refractivity contribution in [1.29, 1.82) is 0 Å². The number of nitrogens with two attached hydrogens (primary N) is 1. The topological polar surface area (TPSA) is 32.5 Å². The van der Waals surface area contributed by atoms with Crippen LogP contribution in [0.15, 0.2) is 0 Å². The van der Waals surface area contributed by atoms with Crippen LogP contribution in [0.3, 0.4) is 0 Å². The average Bonchev–Trinajstić information content (AvgIpc) is 2.78. The first kappa shape index (κ1) is 16.3. The molecule has 1 aliphatic heterocycles. The average molecular weight is 281 g/mol. The molecular weight excluding hydrogens is 246 g/mol. The Morgan fingerprint density at radius 1 is 1.05 bits per heavy atom. The molecule has 1 heterocycles. The first-order chi connectivity index (χ1) is 9.80. The third kappa shape index (κ3) is 3.96. The van der Waals surface area contributed by atoms with Crippen molar-refractivity contribution in [3.8, 4) is 0 Å². The van der Waals surface area contributed by atoms with Gasteiger partial charge in [-0.3, -0.25) is 9.80 Å². The minimum atomic E-state index is 0.647. The van der Waals surface area contributed by atoms with E-state index < -0.39 is 0 Å². The molecule has 0 amide bonds. The van der Waals surface area contributed by atoms with E-state index in [1.165, 1.54) is 71.1 Å². The van der Waals surface area contributed by atoms with Crippen LogP contribution in [0.2, 0.25) is 0 Å². The van der Waals surface area contributed by atoms with Gasteiger partial charge in [-0.25, -0.2) is 0 Å². The number of rotatable bonds is 6.